The van der Waals surface area contributed by atoms with E-state index in [4.69, 9.17) is 16.3 Å². The van der Waals surface area contributed by atoms with Crippen molar-refractivity contribution in [3.05, 3.63) is 29.3 Å². The number of amides is 1. The van der Waals surface area contributed by atoms with Crippen LogP contribution in [0.4, 0.5) is 0 Å². The second kappa shape index (κ2) is 6.78. The van der Waals surface area contributed by atoms with E-state index in [1.165, 1.54) is 0 Å². The lowest BCUT2D eigenvalue weighted by Gasteiger charge is -2.32. The van der Waals surface area contributed by atoms with Crippen LogP contribution in [0.5, 0.6) is 5.75 Å². The maximum absolute atomic E-state index is 12.1. The van der Waals surface area contributed by atoms with Gasteiger partial charge in [0.25, 0.3) is 5.91 Å². The van der Waals surface area contributed by atoms with Gasteiger partial charge in [0, 0.05) is 24.2 Å². The first-order valence-corrected chi connectivity index (χ1v) is 6.90. The fourth-order valence-electron chi connectivity index (χ4n) is 2.23. The molecule has 2 rings (SSSR count). The van der Waals surface area contributed by atoms with Crippen molar-refractivity contribution in [2.75, 3.05) is 26.7 Å². The number of hydrogen-bond acceptors (Lipinski definition) is 3. The monoisotopic (exact) mass is 282 g/mol. The van der Waals surface area contributed by atoms with Crippen molar-refractivity contribution in [3.8, 4) is 5.75 Å². The molecule has 1 aliphatic rings. The van der Waals surface area contributed by atoms with Crippen molar-refractivity contribution < 1.29 is 9.53 Å². The van der Waals surface area contributed by atoms with Crippen LogP contribution >= 0.6 is 11.6 Å². The van der Waals surface area contributed by atoms with Crippen molar-refractivity contribution in [2.45, 2.75) is 18.9 Å². The van der Waals surface area contributed by atoms with E-state index in [-0.39, 0.29) is 12.5 Å². The number of halogens is 1. The summed E-state index contributed by atoms with van der Waals surface area (Å²) in [5, 5.41) is 3.83. The summed E-state index contributed by atoms with van der Waals surface area (Å²) < 4.78 is 5.47. The van der Waals surface area contributed by atoms with Gasteiger partial charge < -0.3 is 15.0 Å². The summed E-state index contributed by atoms with van der Waals surface area (Å²) in [4.78, 5) is 13.9. The van der Waals surface area contributed by atoms with Crippen LogP contribution in [0.1, 0.15) is 12.8 Å². The highest BCUT2D eigenvalue weighted by Gasteiger charge is 2.22. The molecule has 1 saturated heterocycles. The molecule has 1 heterocycles. The van der Waals surface area contributed by atoms with Crippen LogP contribution in [0.3, 0.4) is 0 Å². The van der Waals surface area contributed by atoms with Gasteiger partial charge in [-0.25, -0.2) is 0 Å². The summed E-state index contributed by atoms with van der Waals surface area (Å²) in [6.07, 6.45) is 2.16. The predicted octanol–water partition coefficient (Wildman–Crippen LogP) is 1.93. The lowest BCUT2D eigenvalue weighted by atomic mass is 10.1. The zero-order valence-electron chi connectivity index (χ0n) is 11.1. The number of carbonyl (C=O) groups excluding carboxylic acids is 1. The quantitative estimate of drug-likeness (QED) is 0.917. The third-order valence-corrected chi connectivity index (χ3v) is 3.58. The van der Waals surface area contributed by atoms with Gasteiger partial charge in [0.1, 0.15) is 5.75 Å². The Kier molecular flexibility index (Phi) is 5.05. The number of piperidine rings is 1. The normalized spacial score (nSPS) is 19.3. The van der Waals surface area contributed by atoms with E-state index in [9.17, 15) is 4.79 Å². The number of benzene rings is 1. The molecule has 1 atom stereocenters. The van der Waals surface area contributed by atoms with E-state index in [1.54, 1.807) is 24.3 Å². The molecule has 4 nitrogen and oxygen atoms in total. The van der Waals surface area contributed by atoms with Crippen molar-refractivity contribution in [2.24, 2.45) is 0 Å². The standard InChI is InChI=1S/C14H19ClN2O2/c1-16-12-5-3-7-17(9-12)14(18)10-19-13-6-2-4-11(15)8-13/h2,4,6,8,12,16H,3,5,7,9-10H2,1H3. The van der Waals surface area contributed by atoms with Gasteiger partial charge in [-0.1, -0.05) is 17.7 Å². The van der Waals surface area contributed by atoms with Gasteiger partial charge in [0.05, 0.1) is 0 Å². The maximum atomic E-state index is 12.1. The van der Waals surface area contributed by atoms with E-state index < -0.39 is 0 Å². The molecular formula is C14H19ClN2O2. The molecule has 0 aromatic heterocycles. The molecule has 1 fully saturated rings. The summed E-state index contributed by atoms with van der Waals surface area (Å²) in [5.74, 6) is 0.656. The van der Waals surface area contributed by atoms with E-state index in [0.29, 0.717) is 16.8 Å². The Bertz CT molecular complexity index is 439. The van der Waals surface area contributed by atoms with Crippen LogP contribution in [-0.2, 0) is 4.79 Å². The number of ether oxygens (including phenoxy) is 1. The topological polar surface area (TPSA) is 41.6 Å². The molecule has 1 aromatic rings. The largest absolute Gasteiger partial charge is 0.484 e. The minimum absolute atomic E-state index is 0.0277. The highest BCUT2D eigenvalue weighted by Crippen LogP contribution is 2.17. The number of hydrogen-bond donors (Lipinski definition) is 1. The molecule has 0 spiro atoms. The van der Waals surface area contributed by atoms with E-state index in [0.717, 1.165) is 25.9 Å². The average molecular weight is 283 g/mol. The van der Waals surface area contributed by atoms with E-state index >= 15 is 0 Å². The Morgan fingerprint density at radius 1 is 1.58 bits per heavy atom. The number of carbonyl (C=O) groups is 1. The van der Waals surface area contributed by atoms with Crippen molar-refractivity contribution in [3.63, 3.8) is 0 Å². The van der Waals surface area contributed by atoms with Gasteiger partial charge in [0.15, 0.2) is 6.61 Å². The van der Waals surface area contributed by atoms with Crippen LogP contribution in [0, 0.1) is 0 Å². The summed E-state index contributed by atoms with van der Waals surface area (Å²) >= 11 is 5.86. The average Bonchev–Trinajstić information content (AvgIpc) is 2.45. The molecule has 0 saturated carbocycles. The zero-order chi connectivity index (χ0) is 13.7. The number of likely N-dealkylation sites (N-methyl/N-ethyl adjacent to an activating group) is 1. The molecule has 1 aromatic carbocycles. The second-order valence-corrected chi connectivity index (χ2v) is 5.15. The van der Waals surface area contributed by atoms with Crippen LogP contribution in [0.15, 0.2) is 24.3 Å². The SMILES string of the molecule is CNC1CCCN(C(=O)COc2cccc(Cl)c2)C1. The van der Waals surface area contributed by atoms with Crippen molar-refractivity contribution in [1.82, 2.24) is 10.2 Å². The smallest absolute Gasteiger partial charge is 0.260 e. The first-order valence-electron chi connectivity index (χ1n) is 6.52. The summed E-state index contributed by atoms with van der Waals surface area (Å²) in [6.45, 7) is 1.64. The van der Waals surface area contributed by atoms with Gasteiger partial charge in [-0.2, -0.15) is 0 Å². The van der Waals surface area contributed by atoms with Crippen molar-refractivity contribution in [1.29, 1.82) is 0 Å². The van der Waals surface area contributed by atoms with Gasteiger partial charge in [-0.15, -0.1) is 0 Å². The Morgan fingerprint density at radius 3 is 3.16 bits per heavy atom. The lowest BCUT2D eigenvalue weighted by molar-refractivity contribution is -0.134. The number of rotatable bonds is 4. The first kappa shape index (κ1) is 14.2. The van der Waals surface area contributed by atoms with Gasteiger partial charge in [-0.3, -0.25) is 4.79 Å². The van der Waals surface area contributed by atoms with Crippen LogP contribution < -0.4 is 10.1 Å². The molecule has 19 heavy (non-hydrogen) atoms. The third-order valence-electron chi connectivity index (χ3n) is 3.34. The second-order valence-electron chi connectivity index (χ2n) is 4.71. The Morgan fingerprint density at radius 2 is 2.42 bits per heavy atom. The molecule has 1 unspecified atom stereocenters. The minimum Gasteiger partial charge on any atom is -0.484 e. The fourth-order valence-corrected chi connectivity index (χ4v) is 2.41. The number of nitrogens with one attached hydrogen (secondary N) is 1. The highest BCUT2D eigenvalue weighted by atomic mass is 35.5. The van der Waals surface area contributed by atoms with Crippen molar-refractivity contribution >= 4 is 17.5 Å². The molecule has 1 N–H and O–H groups in total. The molecule has 1 amide bonds. The molecule has 104 valence electrons. The molecule has 1 aliphatic heterocycles. The third kappa shape index (κ3) is 4.11. The predicted molar refractivity (Wildman–Crippen MR) is 75.6 cm³/mol. The molecular weight excluding hydrogens is 264 g/mol. The van der Waals surface area contributed by atoms with Crippen LogP contribution in [-0.4, -0.2) is 43.6 Å². The summed E-state index contributed by atoms with van der Waals surface area (Å²) in [7, 11) is 1.93. The minimum atomic E-state index is 0.0277. The molecule has 0 aliphatic carbocycles. The fraction of sp³-hybridized carbons (Fsp3) is 0.500. The number of likely N-dealkylation sites (tertiary alicyclic amines) is 1. The molecule has 5 heteroatoms. The van der Waals surface area contributed by atoms with Gasteiger partial charge >= 0.3 is 0 Å². The molecule has 0 radical (unpaired) electrons. The summed E-state index contributed by atoms with van der Waals surface area (Å²) in [5.41, 5.74) is 0. The Labute approximate surface area is 118 Å². The Hall–Kier alpha value is -1.26. The molecule has 0 bridgehead atoms. The van der Waals surface area contributed by atoms with E-state index in [1.807, 2.05) is 11.9 Å². The van der Waals surface area contributed by atoms with Crippen LogP contribution in [0.25, 0.3) is 0 Å². The van der Waals surface area contributed by atoms with E-state index in [2.05, 4.69) is 5.32 Å². The Balaban J connectivity index is 1.84. The zero-order valence-corrected chi connectivity index (χ0v) is 11.8. The number of nitrogens with zero attached hydrogens (tertiary/aromatic N) is 1. The van der Waals surface area contributed by atoms with Gasteiger partial charge in [0.2, 0.25) is 0 Å². The summed E-state index contributed by atoms with van der Waals surface area (Å²) in [6, 6.07) is 7.48. The lowest BCUT2D eigenvalue weighted by Crippen LogP contribution is -2.48. The maximum Gasteiger partial charge on any atom is 0.260 e. The first-order chi connectivity index (χ1) is 9.19. The van der Waals surface area contributed by atoms with Crippen LogP contribution in [0.2, 0.25) is 5.02 Å². The van der Waals surface area contributed by atoms with Gasteiger partial charge in [-0.05, 0) is 38.1 Å². The highest BCUT2D eigenvalue weighted by molar-refractivity contribution is 6.30.